The fourth-order valence-corrected chi connectivity index (χ4v) is 3.81. The zero-order valence-corrected chi connectivity index (χ0v) is 13.0. The smallest absolute Gasteiger partial charge is 0.137 e. The SMILES string of the molecule is CC1(C)C(C(=O)CCc2ccc3c(c2)CCO3)C1(C)C. The Morgan fingerprint density at radius 3 is 2.60 bits per heavy atom. The van der Waals surface area contributed by atoms with Crippen LogP contribution in [0.15, 0.2) is 18.2 Å². The number of Topliss-reactive ketones (excluding diaryl/α,β-unsaturated/α-hetero) is 1. The van der Waals surface area contributed by atoms with E-state index in [1.165, 1.54) is 11.1 Å². The average molecular weight is 272 g/mol. The largest absolute Gasteiger partial charge is 0.493 e. The third kappa shape index (κ3) is 1.97. The molecule has 1 aliphatic carbocycles. The van der Waals surface area contributed by atoms with Crippen LogP contribution >= 0.6 is 0 Å². The Hall–Kier alpha value is -1.31. The van der Waals surface area contributed by atoms with Crippen molar-refractivity contribution in [3.63, 3.8) is 0 Å². The number of benzene rings is 1. The monoisotopic (exact) mass is 272 g/mol. The van der Waals surface area contributed by atoms with Crippen molar-refractivity contribution in [3.8, 4) is 5.75 Å². The first-order valence-corrected chi connectivity index (χ1v) is 7.61. The van der Waals surface area contributed by atoms with Crippen LogP contribution in [0, 0.1) is 16.7 Å². The maximum atomic E-state index is 12.4. The minimum atomic E-state index is 0.163. The molecule has 1 fully saturated rings. The summed E-state index contributed by atoms with van der Waals surface area (Å²) in [5.74, 6) is 1.68. The highest BCUT2D eigenvalue weighted by Gasteiger charge is 2.67. The molecule has 0 N–H and O–H groups in total. The third-order valence-electron chi connectivity index (χ3n) is 5.76. The summed E-state index contributed by atoms with van der Waals surface area (Å²) in [5, 5.41) is 0. The van der Waals surface area contributed by atoms with Crippen LogP contribution in [-0.2, 0) is 17.6 Å². The van der Waals surface area contributed by atoms with E-state index in [4.69, 9.17) is 4.74 Å². The lowest BCUT2D eigenvalue weighted by Crippen LogP contribution is -2.08. The van der Waals surface area contributed by atoms with Crippen LogP contribution in [0.2, 0.25) is 0 Å². The number of fused-ring (bicyclic) bond motifs is 1. The molecule has 2 heteroatoms. The molecule has 20 heavy (non-hydrogen) atoms. The molecule has 3 rings (SSSR count). The van der Waals surface area contributed by atoms with E-state index in [0.29, 0.717) is 12.2 Å². The molecule has 0 atom stereocenters. The van der Waals surface area contributed by atoms with Gasteiger partial charge in [-0.15, -0.1) is 0 Å². The molecule has 108 valence electrons. The lowest BCUT2D eigenvalue weighted by Gasteiger charge is -2.05. The number of rotatable bonds is 4. The Kier molecular flexibility index (Phi) is 2.97. The molecule has 0 aromatic heterocycles. The van der Waals surface area contributed by atoms with Crippen LogP contribution in [0.1, 0.15) is 45.2 Å². The summed E-state index contributed by atoms with van der Waals surface area (Å²) < 4.78 is 5.51. The first-order chi connectivity index (χ1) is 9.34. The van der Waals surface area contributed by atoms with Crippen LogP contribution in [0.4, 0.5) is 0 Å². The summed E-state index contributed by atoms with van der Waals surface area (Å²) >= 11 is 0. The van der Waals surface area contributed by atoms with Crippen LogP contribution in [0.25, 0.3) is 0 Å². The van der Waals surface area contributed by atoms with Crippen LogP contribution < -0.4 is 4.74 Å². The van der Waals surface area contributed by atoms with Gasteiger partial charge in [-0.05, 0) is 34.4 Å². The van der Waals surface area contributed by atoms with Crippen molar-refractivity contribution in [2.45, 2.75) is 47.0 Å². The van der Waals surface area contributed by atoms with Crippen molar-refractivity contribution in [1.29, 1.82) is 0 Å². The van der Waals surface area contributed by atoms with Gasteiger partial charge in [0.15, 0.2) is 0 Å². The molecule has 1 aromatic carbocycles. The summed E-state index contributed by atoms with van der Waals surface area (Å²) in [6.45, 7) is 9.64. The number of ketones is 1. The fraction of sp³-hybridized carbons (Fsp3) is 0.611. The lowest BCUT2D eigenvalue weighted by atomic mass is 9.99. The van der Waals surface area contributed by atoms with Gasteiger partial charge in [0.1, 0.15) is 11.5 Å². The van der Waals surface area contributed by atoms with Gasteiger partial charge < -0.3 is 4.74 Å². The molecule has 1 heterocycles. The van der Waals surface area contributed by atoms with Gasteiger partial charge in [0.25, 0.3) is 0 Å². The Morgan fingerprint density at radius 2 is 1.95 bits per heavy atom. The molecule has 1 saturated carbocycles. The van der Waals surface area contributed by atoms with Gasteiger partial charge in [-0.1, -0.05) is 39.8 Å². The average Bonchev–Trinajstić information content (AvgIpc) is 2.71. The second kappa shape index (κ2) is 4.34. The molecule has 0 saturated heterocycles. The second-order valence-electron chi connectivity index (χ2n) is 7.38. The van der Waals surface area contributed by atoms with E-state index in [2.05, 4.69) is 39.8 Å². The van der Waals surface area contributed by atoms with Crippen molar-refractivity contribution in [2.24, 2.45) is 16.7 Å². The number of aryl methyl sites for hydroxylation is 1. The van der Waals surface area contributed by atoms with Gasteiger partial charge in [-0.3, -0.25) is 4.79 Å². The maximum Gasteiger partial charge on any atom is 0.137 e. The summed E-state index contributed by atoms with van der Waals surface area (Å²) in [6.07, 6.45) is 2.52. The Balaban J connectivity index is 1.62. The molecule has 0 amide bonds. The zero-order valence-electron chi connectivity index (χ0n) is 13.0. The second-order valence-corrected chi connectivity index (χ2v) is 7.38. The van der Waals surface area contributed by atoms with E-state index in [9.17, 15) is 4.79 Å². The molecule has 0 unspecified atom stereocenters. The van der Waals surface area contributed by atoms with Gasteiger partial charge in [-0.2, -0.15) is 0 Å². The first kappa shape index (κ1) is 13.7. The topological polar surface area (TPSA) is 26.3 Å². The normalized spacial score (nSPS) is 22.2. The molecular formula is C18H24O2. The van der Waals surface area contributed by atoms with Crippen LogP contribution in [-0.4, -0.2) is 12.4 Å². The number of hydrogen-bond donors (Lipinski definition) is 0. The molecule has 1 aliphatic heterocycles. The van der Waals surface area contributed by atoms with E-state index in [1.807, 2.05) is 6.07 Å². The van der Waals surface area contributed by atoms with E-state index < -0.39 is 0 Å². The Labute approximate surface area is 121 Å². The summed E-state index contributed by atoms with van der Waals surface area (Å²) in [6, 6.07) is 6.35. The van der Waals surface area contributed by atoms with Crippen molar-refractivity contribution < 1.29 is 9.53 Å². The van der Waals surface area contributed by atoms with E-state index in [1.54, 1.807) is 0 Å². The first-order valence-electron chi connectivity index (χ1n) is 7.61. The van der Waals surface area contributed by atoms with E-state index >= 15 is 0 Å². The van der Waals surface area contributed by atoms with Crippen LogP contribution in [0.3, 0.4) is 0 Å². The number of hydrogen-bond acceptors (Lipinski definition) is 2. The van der Waals surface area contributed by atoms with Crippen molar-refractivity contribution in [3.05, 3.63) is 29.3 Å². The number of carbonyl (C=O) groups excluding carboxylic acids is 1. The van der Waals surface area contributed by atoms with Crippen molar-refractivity contribution in [2.75, 3.05) is 6.61 Å². The van der Waals surface area contributed by atoms with Gasteiger partial charge in [0.2, 0.25) is 0 Å². The summed E-state index contributed by atoms with van der Waals surface area (Å²) in [5.41, 5.74) is 2.88. The molecule has 0 radical (unpaired) electrons. The predicted octanol–water partition coefficient (Wildman–Crippen LogP) is 3.81. The molecule has 0 spiro atoms. The third-order valence-corrected chi connectivity index (χ3v) is 5.76. The highest BCUT2D eigenvalue weighted by Crippen LogP contribution is 2.68. The minimum absolute atomic E-state index is 0.163. The maximum absolute atomic E-state index is 12.4. The summed E-state index contributed by atoms with van der Waals surface area (Å²) in [4.78, 5) is 12.4. The molecule has 2 nitrogen and oxygen atoms in total. The zero-order chi connectivity index (χ0) is 14.5. The molecule has 2 aliphatic rings. The van der Waals surface area contributed by atoms with Gasteiger partial charge >= 0.3 is 0 Å². The molecule has 1 aromatic rings. The van der Waals surface area contributed by atoms with Crippen molar-refractivity contribution in [1.82, 2.24) is 0 Å². The molecule has 0 bridgehead atoms. The number of carbonyl (C=O) groups is 1. The van der Waals surface area contributed by atoms with Crippen molar-refractivity contribution >= 4 is 5.78 Å². The Bertz CT molecular complexity index is 541. The molecular weight excluding hydrogens is 248 g/mol. The fourth-order valence-electron chi connectivity index (χ4n) is 3.81. The van der Waals surface area contributed by atoms with Gasteiger partial charge in [0, 0.05) is 18.8 Å². The summed E-state index contributed by atoms with van der Waals surface area (Å²) in [7, 11) is 0. The van der Waals surface area contributed by atoms with Crippen LogP contribution in [0.5, 0.6) is 5.75 Å². The Morgan fingerprint density at radius 1 is 1.25 bits per heavy atom. The van der Waals surface area contributed by atoms with E-state index in [-0.39, 0.29) is 16.7 Å². The highest BCUT2D eigenvalue weighted by atomic mass is 16.5. The number of ether oxygens (including phenoxy) is 1. The highest BCUT2D eigenvalue weighted by molar-refractivity contribution is 5.86. The quantitative estimate of drug-likeness (QED) is 0.833. The van der Waals surface area contributed by atoms with Gasteiger partial charge in [0.05, 0.1) is 6.61 Å². The standard InChI is InChI=1S/C18H24O2/c1-17(2)16(18(17,3)4)14(19)7-5-12-6-8-15-13(11-12)9-10-20-15/h6,8,11,16H,5,7,9-10H2,1-4H3. The predicted molar refractivity (Wildman–Crippen MR) is 80.0 cm³/mol. The minimum Gasteiger partial charge on any atom is -0.493 e. The van der Waals surface area contributed by atoms with E-state index in [0.717, 1.165) is 25.2 Å². The lowest BCUT2D eigenvalue weighted by molar-refractivity contribution is -0.121. The van der Waals surface area contributed by atoms with Gasteiger partial charge in [-0.25, -0.2) is 0 Å².